The molecule has 0 saturated heterocycles. The maximum absolute atomic E-state index is 8.56. The molecule has 0 aromatic carbocycles. The predicted molar refractivity (Wildman–Crippen MR) is 67.4 cm³/mol. The minimum absolute atomic E-state index is 0.706. The molecule has 0 aromatic heterocycles. The molecule has 0 aliphatic heterocycles. The molecule has 0 amide bonds. The number of carboxylic acid groups (broad SMARTS) is 2. The van der Waals surface area contributed by atoms with Crippen LogP contribution in [0.1, 0.15) is 0 Å². The van der Waals surface area contributed by atoms with Crippen LogP contribution in [-0.2, 0) is 0 Å². The molecular formula is C9H25N5O3. The maximum atomic E-state index is 8.56. The van der Waals surface area contributed by atoms with E-state index in [2.05, 4.69) is 16.0 Å². The van der Waals surface area contributed by atoms with Crippen molar-refractivity contribution in [2.75, 3.05) is 52.4 Å². The van der Waals surface area contributed by atoms with Crippen LogP contribution in [0, 0.1) is 0 Å². The number of nitrogens with two attached hydrogens (primary N) is 2. The van der Waals surface area contributed by atoms with Crippen LogP contribution in [0.5, 0.6) is 0 Å². The second kappa shape index (κ2) is 17.5. The lowest BCUT2D eigenvalue weighted by Crippen LogP contribution is -2.35. The fourth-order valence-electron chi connectivity index (χ4n) is 0.933. The van der Waals surface area contributed by atoms with Gasteiger partial charge in [0.05, 0.1) is 0 Å². The number of hydrogen-bond acceptors (Lipinski definition) is 6. The normalized spacial score (nSPS) is 9.53. The summed E-state index contributed by atoms with van der Waals surface area (Å²) in [5.41, 5.74) is 10.6. The molecule has 0 heterocycles. The Kier molecular flexibility index (Phi) is 18.9. The molecule has 104 valence electrons. The third-order valence-corrected chi connectivity index (χ3v) is 1.60. The summed E-state index contributed by atoms with van der Waals surface area (Å²) in [5.74, 6) is 0. The molecule has 0 aliphatic carbocycles. The molecule has 0 atom stereocenters. The molecule has 0 fully saturated rings. The molecule has 8 heteroatoms. The van der Waals surface area contributed by atoms with Gasteiger partial charge in [0.1, 0.15) is 0 Å². The summed E-state index contributed by atoms with van der Waals surface area (Å²) in [5, 5.41) is 23.7. The quantitative estimate of drug-likeness (QED) is 0.218. The van der Waals surface area contributed by atoms with Crippen LogP contribution in [0.2, 0.25) is 0 Å². The summed E-state index contributed by atoms with van der Waals surface area (Å²) >= 11 is 0. The Labute approximate surface area is 102 Å². The minimum atomic E-state index is -1.83. The molecule has 0 unspecified atom stereocenters. The summed E-state index contributed by atoms with van der Waals surface area (Å²) in [7, 11) is 0. The van der Waals surface area contributed by atoms with Crippen LogP contribution in [0.4, 0.5) is 4.79 Å². The van der Waals surface area contributed by atoms with Crippen molar-refractivity contribution in [1.82, 2.24) is 16.0 Å². The lowest BCUT2D eigenvalue weighted by atomic mass is 10.5. The van der Waals surface area contributed by atoms with Crippen molar-refractivity contribution in [3.8, 4) is 0 Å². The molecule has 0 saturated carbocycles. The van der Waals surface area contributed by atoms with Gasteiger partial charge in [-0.2, -0.15) is 0 Å². The highest BCUT2D eigenvalue weighted by atomic mass is 16.6. The summed E-state index contributed by atoms with van der Waals surface area (Å²) in [6.07, 6.45) is -1.83. The molecular weight excluding hydrogens is 226 g/mol. The highest BCUT2D eigenvalue weighted by Gasteiger charge is 1.87. The van der Waals surface area contributed by atoms with Crippen LogP contribution >= 0.6 is 0 Å². The van der Waals surface area contributed by atoms with E-state index in [-0.39, 0.29) is 0 Å². The molecule has 0 rings (SSSR count). The van der Waals surface area contributed by atoms with E-state index in [0.717, 1.165) is 39.3 Å². The van der Waals surface area contributed by atoms with Crippen molar-refractivity contribution in [3.05, 3.63) is 0 Å². The average Bonchev–Trinajstić information content (AvgIpc) is 2.26. The molecule has 0 aromatic rings. The van der Waals surface area contributed by atoms with Crippen LogP contribution in [0.3, 0.4) is 0 Å². The number of nitrogens with one attached hydrogen (secondary N) is 3. The number of hydrogen-bond donors (Lipinski definition) is 7. The van der Waals surface area contributed by atoms with Crippen LogP contribution in [0.25, 0.3) is 0 Å². The summed E-state index contributed by atoms with van der Waals surface area (Å²) < 4.78 is 0. The Morgan fingerprint density at radius 2 is 1.00 bits per heavy atom. The first-order valence-electron chi connectivity index (χ1n) is 5.59. The average molecular weight is 251 g/mol. The lowest BCUT2D eigenvalue weighted by molar-refractivity contribution is 0.137. The Hall–Kier alpha value is -0.930. The van der Waals surface area contributed by atoms with Crippen LogP contribution in [-0.4, -0.2) is 68.7 Å². The summed E-state index contributed by atoms with van der Waals surface area (Å²) in [6, 6.07) is 0. The first kappa shape index (κ1) is 18.4. The van der Waals surface area contributed by atoms with Gasteiger partial charge in [0.15, 0.2) is 0 Å². The second-order valence-corrected chi connectivity index (χ2v) is 3.11. The fraction of sp³-hybridized carbons (Fsp3) is 0.889. The smallest absolute Gasteiger partial charge is 0.450 e. The standard InChI is InChI=1S/C8H23N5.CH2O3/c9-1-3-11-5-7-13-8-6-12-4-2-10;2-1(3)4/h11-13H,1-10H2;(H2,2,3,4). The van der Waals surface area contributed by atoms with Crippen molar-refractivity contribution >= 4 is 6.16 Å². The third-order valence-electron chi connectivity index (χ3n) is 1.60. The maximum Gasteiger partial charge on any atom is 0.503 e. The Morgan fingerprint density at radius 1 is 0.765 bits per heavy atom. The van der Waals surface area contributed by atoms with Gasteiger partial charge in [0, 0.05) is 52.4 Å². The topological polar surface area (TPSA) is 146 Å². The molecule has 9 N–H and O–H groups in total. The van der Waals surface area contributed by atoms with Crippen molar-refractivity contribution in [3.63, 3.8) is 0 Å². The molecule has 0 radical (unpaired) electrons. The second-order valence-electron chi connectivity index (χ2n) is 3.11. The van der Waals surface area contributed by atoms with Gasteiger partial charge in [-0.1, -0.05) is 0 Å². The highest BCUT2D eigenvalue weighted by molar-refractivity contribution is 5.53. The molecule has 8 nitrogen and oxygen atoms in total. The van der Waals surface area contributed by atoms with Gasteiger partial charge >= 0.3 is 6.16 Å². The SMILES string of the molecule is NCCNCCNCCNCCN.O=C(O)O. The van der Waals surface area contributed by atoms with E-state index < -0.39 is 6.16 Å². The Bertz CT molecular complexity index is 146. The van der Waals surface area contributed by atoms with E-state index in [4.69, 9.17) is 26.5 Å². The van der Waals surface area contributed by atoms with Gasteiger partial charge in [0.2, 0.25) is 0 Å². The van der Waals surface area contributed by atoms with E-state index in [1.165, 1.54) is 0 Å². The van der Waals surface area contributed by atoms with E-state index in [9.17, 15) is 0 Å². The van der Waals surface area contributed by atoms with Crippen molar-refractivity contribution in [1.29, 1.82) is 0 Å². The molecule has 0 bridgehead atoms. The van der Waals surface area contributed by atoms with Gasteiger partial charge in [-0.3, -0.25) is 0 Å². The van der Waals surface area contributed by atoms with Crippen molar-refractivity contribution in [2.24, 2.45) is 11.5 Å². The summed E-state index contributed by atoms with van der Waals surface area (Å²) in [6.45, 7) is 7.15. The van der Waals surface area contributed by atoms with E-state index in [1.807, 2.05) is 0 Å². The zero-order valence-electron chi connectivity index (χ0n) is 10.1. The minimum Gasteiger partial charge on any atom is -0.450 e. The number of carbonyl (C=O) groups is 1. The fourth-order valence-corrected chi connectivity index (χ4v) is 0.933. The van der Waals surface area contributed by atoms with Crippen LogP contribution < -0.4 is 27.4 Å². The van der Waals surface area contributed by atoms with Gasteiger partial charge in [0.25, 0.3) is 0 Å². The van der Waals surface area contributed by atoms with E-state index in [1.54, 1.807) is 0 Å². The zero-order chi connectivity index (χ0) is 13.4. The van der Waals surface area contributed by atoms with E-state index >= 15 is 0 Å². The van der Waals surface area contributed by atoms with E-state index in [0.29, 0.717) is 13.1 Å². The van der Waals surface area contributed by atoms with Gasteiger partial charge < -0.3 is 37.6 Å². The predicted octanol–water partition coefficient (Wildman–Crippen LogP) is -2.10. The summed E-state index contributed by atoms with van der Waals surface area (Å²) in [4.78, 5) is 8.56. The zero-order valence-corrected chi connectivity index (χ0v) is 10.1. The third kappa shape index (κ3) is 31.3. The molecule has 17 heavy (non-hydrogen) atoms. The van der Waals surface area contributed by atoms with Crippen molar-refractivity contribution < 1.29 is 15.0 Å². The first-order valence-corrected chi connectivity index (χ1v) is 5.59. The monoisotopic (exact) mass is 251 g/mol. The number of rotatable bonds is 10. The Balaban J connectivity index is 0. The highest BCUT2D eigenvalue weighted by Crippen LogP contribution is 1.60. The van der Waals surface area contributed by atoms with Crippen LogP contribution in [0.15, 0.2) is 0 Å². The lowest BCUT2D eigenvalue weighted by Gasteiger charge is -2.06. The largest absolute Gasteiger partial charge is 0.503 e. The molecule has 0 aliphatic rings. The van der Waals surface area contributed by atoms with Gasteiger partial charge in [-0.05, 0) is 0 Å². The first-order chi connectivity index (χ1) is 8.15. The Morgan fingerprint density at radius 3 is 1.24 bits per heavy atom. The molecule has 0 spiro atoms. The van der Waals surface area contributed by atoms with Crippen molar-refractivity contribution in [2.45, 2.75) is 0 Å². The van der Waals surface area contributed by atoms with Gasteiger partial charge in [-0.15, -0.1) is 0 Å². The van der Waals surface area contributed by atoms with Gasteiger partial charge in [-0.25, -0.2) is 4.79 Å².